The van der Waals surface area contributed by atoms with Crippen molar-refractivity contribution in [1.29, 1.82) is 0 Å². The number of benzene rings is 3. The molecule has 0 heterocycles. The Labute approximate surface area is 129 Å². The molecule has 0 amide bonds. The molecule has 116 valence electrons. The van der Waals surface area contributed by atoms with E-state index in [1.54, 1.807) is 6.07 Å². The van der Waals surface area contributed by atoms with Crippen molar-refractivity contribution in [2.45, 2.75) is 0 Å². The fourth-order valence-corrected chi connectivity index (χ4v) is 2.30. The number of aromatic hydroxyl groups is 1. The third-order valence-electron chi connectivity index (χ3n) is 3.42. The largest absolute Gasteiger partial charge is 0.508 e. The predicted molar refractivity (Wildman–Crippen MR) is 78.8 cm³/mol. The minimum atomic E-state index is -1.01. The third kappa shape index (κ3) is 3.04. The van der Waals surface area contributed by atoms with Crippen LogP contribution in [0.4, 0.5) is 17.6 Å². The van der Waals surface area contributed by atoms with E-state index >= 15 is 0 Å². The van der Waals surface area contributed by atoms with E-state index in [-0.39, 0.29) is 5.75 Å². The van der Waals surface area contributed by atoms with Crippen LogP contribution in [-0.4, -0.2) is 5.11 Å². The summed E-state index contributed by atoms with van der Waals surface area (Å²) in [6.45, 7) is 0. The lowest BCUT2D eigenvalue weighted by atomic mass is 9.98. The lowest BCUT2D eigenvalue weighted by molar-refractivity contribution is 0.476. The Morgan fingerprint density at radius 1 is 0.478 bits per heavy atom. The van der Waals surface area contributed by atoms with Crippen LogP contribution in [0.1, 0.15) is 0 Å². The molecule has 0 aliphatic heterocycles. The van der Waals surface area contributed by atoms with E-state index in [9.17, 15) is 22.7 Å². The Morgan fingerprint density at radius 3 is 1.30 bits per heavy atom. The number of hydrogen-bond acceptors (Lipinski definition) is 1. The highest BCUT2D eigenvalue weighted by atomic mass is 19.2. The van der Waals surface area contributed by atoms with Crippen molar-refractivity contribution in [1.82, 2.24) is 0 Å². The van der Waals surface area contributed by atoms with Crippen molar-refractivity contribution >= 4 is 0 Å². The van der Waals surface area contributed by atoms with Gasteiger partial charge >= 0.3 is 0 Å². The number of rotatable bonds is 2. The van der Waals surface area contributed by atoms with Gasteiger partial charge in [0.25, 0.3) is 0 Å². The van der Waals surface area contributed by atoms with Gasteiger partial charge < -0.3 is 5.11 Å². The third-order valence-corrected chi connectivity index (χ3v) is 3.42. The van der Waals surface area contributed by atoms with Crippen LogP contribution in [0.25, 0.3) is 22.3 Å². The number of phenols is 1. The van der Waals surface area contributed by atoms with Gasteiger partial charge in [-0.15, -0.1) is 0 Å². The standard InChI is InChI=1S/C18H10F4O/c19-15-3-1-10(8-17(15)21)12-5-13(7-14(23)6-12)11-2-4-16(20)18(22)9-11/h1-9,23H. The van der Waals surface area contributed by atoms with Gasteiger partial charge in [-0.2, -0.15) is 0 Å². The van der Waals surface area contributed by atoms with Crippen molar-refractivity contribution < 1.29 is 22.7 Å². The maximum Gasteiger partial charge on any atom is 0.159 e. The summed E-state index contributed by atoms with van der Waals surface area (Å²) in [7, 11) is 0. The molecule has 0 spiro atoms. The van der Waals surface area contributed by atoms with E-state index in [4.69, 9.17) is 0 Å². The summed E-state index contributed by atoms with van der Waals surface area (Å²) < 4.78 is 52.8. The molecule has 23 heavy (non-hydrogen) atoms. The molecule has 3 aromatic rings. The molecule has 1 nitrogen and oxygen atoms in total. The van der Waals surface area contributed by atoms with Gasteiger partial charge in [0.05, 0.1) is 0 Å². The Balaban J connectivity index is 2.11. The molecular formula is C18H10F4O. The molecule has 0 aromatic heterocycles. The van der Waals surface area contributed by atoms with Crippen molar-refractivity contribution in [3.05, 3.63) is 77.9 Å². The zero-order chi connectivity index (χ0) is 16.6. The lowest BCUT2D eigenvalue weighted by Gasteiger charge is -2.08. The highest BCUT2D eigenvalue weighted by molar-refractivity contribution is 5.75. The first kappa shape index (κ1) is 15.1. The average Bonchev–Trinajstić information content (AvgIpc) is 2.52. The molecular weight excluding hydrogens is 308 g/mol. The molecule has 0 aliphatic carbocycles. The maximum atomic E-state index is 13.4. The molecule has 0 unspecified atom stereocenters. The van der Waals surface area contributed by atoms with Crippen LogP contribution < -0.4 is 0 Å². The smallest absolute Gasteiger partial charge is 0.159 e. The quantitative estimate of drug-likeness (QED) is 0.637. The SMILES string of the molecule is Oc1cc(-c2ccc(F)c(F)c2)cc(-c2ccc(F)c(F)c2)c1. The fraction of sp³-hybridized carbons (Fsp3) is 0. The van der Waals surface area contributed by atoms with E-state index in [0.29, 0.717) is 22.3 Å². The predicted octanol–water partition coefficient (Wildman–Crippen LogP) is 5.28. The van der Waals surface area contributed by atoms with Crippen LogP contribution >= 0.6 is 0 Å². The van der Waals surface area contributed by atoms with Crippen LogP contribution in [0, 0.1) is 23.3 Å². The Kier molecular flexibility index (Phi) is 3.78. The molecule has 3 aromatic carbocycles. The second-order valence-electron chi connectivity index (χ2n) is 5.03. The van der Waals surface area contributed by atoms with Gasteiger partial charge in [0.2, 0.25) is 0 Å². The van der Waals surface area contributed by atoms with E-state index in [1.807, 2.05) is 0 Å². The van der Waals surface area contributed by atoms with Gasteiger partial charge in [-0.05, 0) is 64.7 Å². The van der Waals surface area contributed by atoms with Gasteiger partial charge in [0.15, 0.2) is 23.3 Å². The minimum Gasteiger partial charge on any atom is -0.508 e. The highest BCUT2D eigenvalue weighted by Gasteiger charge is 2.10. The Hall–Kier alpha value is -2.82. The van der Waals surface area contributed by atoms with Crippen LogP contribution in [0.15, 0.2) is 54.6 Å². The fourth-order valence-electron chi connectivity index (χ4n) is 2.30. The Morgan fingerprint density at radius 2 is 0.913 bits per heavy atom. The van der Waals surface area contributed by atoms with E-state index in [0.717, 1.165) is 24.3 Å². The van der Waals surface area contributed by atoms with Gasteiger partial charge in [-0.1, -0.05) is 12.1 Å². The molecule has 1 N–H and O–H groups in total. The summed E-state index contributed by atoms with van der Waals surface area (Å²) in [5, 5.41) is 9.83. The van der Waals surface area contributed by atoms with Crippen molar-refractivity contribution in [3.63, 3.8) is 0 Å². The number of hydrogen-bond donors (Lipinski definition) is 1. The average molecular weight is 318 g/mol. The molecule has 0 radical (unpaired) electrons. The normalized spacial score (nSPS) is 10.8. The first-order valence-electron chi connectivity index (χ1n) is 6.69. The molecule has 0 saturated carbocycles. The molecule has 0 saturated heterocycles. The second-order valence-corrected chi connectivity index (χ2v) is 5.03. The van der Waals surface area contributed by atoms with Crippen molar-refractivity contribution in [2.24, 2.45) is 0 Å². The van der Waals surface area contributed by atoms with E-state index < -0.39 is 23.3 Å². The summed E-state index contributed by atoms with van der Waals surface area (Å²) in [6, 6.07) is 11.0. The lowest BCUT2D eigenvalue weighted by Crippen LogP contribution is -1.88. The van der Waals surface area contributed by atoms with Crippen LogP contribution in [-0.2, 0) is 0 Å². The van der Waals surface area contributed by atoms with Crippen molar-refractivity contribution in [3.8, 4) is 28.0 Å². The summed E-state index contributed by atoms with van der Waals surface area (Å²) in [5.41, 5.74) is 1.54. The second kappa shape index (κ2) is 5.76. The van der Waals surface area contributed by atoms with Gasteiger partial charge in [-0.3, -0.25) is 0 Å². The zero-order valence-electron chi connectivity index (χ0n) is 11.7. The first-order valence-corrected chi connectivity index (χ1v) is 6.69. The summed E-state index contributed by atoms with van der Waals surface area (Å²) in [6.07, 6.45) is 0. The van der Waals surface area contributed by atoms with Gasteiger partial charge in [-0.25, -0.2) is 17.6 Å². The molecule has 0 fully saturated rings. The zero-order valence-corrected chi connectivity index (χ0v) is 11.7. The number of phenolic OH excluding ortho intramolecular Hbond substituents is 1. The molecule has 0 atom stereocenters. The van der Waals surface area contributed by atoms with E-state index in [2.05, 4.69) is 0 Å². The van der Waals surface area contributed by atoms with Gasteiger partial charge in [0, 0.05) is 0 Å². The summed E-state index contributed by atoms with van der Waals surface area (Å²) in [4.78, 5) is 0. The van der Waals surface area contributed by atoms with Crippen LogP contribution in [0.5, 0.6) is 5.75 Å². The highest BCUT2D eigenvalue weighted by Crippen LogP contribution is 2.32. The molecule has 5 heteroatoms. The Bertz CT molecular complexity index is 820. The van der Waals surface area contributed by atoms with Crippen LogP contribution in [0.3, 0.4) is 0 Å². The molecule has 0 bridgehead atoms. The molecule has 0 aliphatic rings. The first-order chi connectivity index (χ1) is 10.9. The summed E-state index contributed by atoms with van der Waals surface area (Å²) >= 11 is 0. The maximum absolute atomic E-state index is 13.4. The van der Waals surface area contributed by atoms with E-state index in [1.165, 1.54) is 24.3 Å². The topological polar surface area (TPSA) is 20.2 Å². The minimum absolute atomic E-state index is 0.132. The monoisotopic (exact) mass is 318 g/mol. The summed E-state index contributed by atoms with van der Waals surface area (Å²) in [5.74, 6) is -4.11. The van der Waals surface area contributed by atoms with Gasteiger partial charge in [0.1, 0.15) is 5.75 Å². The number of halogens is 4. The van der Waals surface area contributed by atoms with Crippen molar-refractivity contribution in [2.75, 3.05) is 0 Å². The van der Waals surface area contributed by atoms with Crippen LogP contribution in [0.2, 0.25) is 0 Å². The molecule has 3 rings (SSSR count).